The molecular weight excluding hydrogens is 538 g/mol. The molecule has 0 amide bonds. The molecule has 0 bridgehead atoms. The van der Waals surface area contributed by atoms with Crippen LogP contribution in [0.5, 0.6) is 0 Å². The van der Waals surface area contributed by atoms with Crippen molar-refractivity contribution in [2.45, 2.75) is 96.8 Å². The molecule has 1 rings (SSSR count). The first-order valence-electron chi connectivity index (χ1n) is 13.7. The van der Waals surface area contributed by atoms with E-state index in [1.807, 2.05) is 18.2 Å². The second-order valence-corrected chi connectivity index (χ2v) is 9.52. The van der Waals surface area contributed by atoms with Crippen LogP contribution >= 0.6 is 0 Å². The molecule has 0 radical (unpaired) electrons. The van der Waals surface area contributed by atoms with Gasteiger partial charge in [0.15, 0.2) is 0 Å². The summed E-state index contributed by atoms with van der Waals surface area (Å²) in [5, 5.41) is 21.6. The predicted molar refractivity (Wildman–Crippen MR) is 147 cm³/mol. The van der Waals surface area contributed by atoms with Crippen LogP contribution in [0.15, 0.2) is 29.3 Å². The topological polar surface area (TPSA) is 196 Å². The number of aliphatic carboxylic acids is 2. The van der Waals surface area contributed by atoms with Crippen molar-refractivity contribution >= 4 is 17.8 Å². The molecule has 0 aromatic heterocycles. The molecule has 0 spiro atoms. The zero-order valence-corrected chi connectivity index (χ0v) is 29.4. The Hall–Kier alpha value is -0.110. The van der Waals surface area contributed by atoms with Gasteiger partial charge in [0.2, 0.25) is 5.84 Å². The Labute approximate surface area is 285 Å². The third-order valence-electron chi connectivity index (χ3n) is 6.61. The molecule has 0 saturated heterocycles. The molecular formula is C28H53N2Na2O8+. The van der Waals surface area contributed by atoms with E-state index in [1.54, 1.807) is 0 Å². The Morgan fingerprint density at radius 1 is 0.800 bits per heavy atom. The Balaban J connectivity index is -0.000000817. The molecule has 10 nitrogen and oxygen atoms in total. The number of carboxylic acid groups (broad SMARTS) is 2. The van der Waals surface area contributed by atoms with Crippen molar-refractivity contribution in [2.75, 3.05) is 39.4 Å². The van der Waals surface area contributed by atoms with Crippen LogP contribution in [0.25, 0.3) is 0 Å². The van der Waals surface area contributed by atoms with Crippen molar-refractivity contribution in [2.24, 2.45) is 4.99 Å². The van der Waals surface area contributed by atoms with Gasteiger partial charge in [0.05, 0.1) is 26.3 Å². The molecule has 0 aromatic rings. The maximum atomic E-state index is 11.1. The number of carbonyl (C=O) groups excluding carboxylic acids is 2. The minimum absolute atomic E-state index is 0. The van der Waals surface area contributed by atoms with E-state index in [1.165, 1.54) is 70.6 Å². The Morgan fingerprint density at radius 2 is 1.35 bits per heavy atom. The van der Waals surface area contributed by atoms with Crippen molar-refractivity contribution in [3.05, 3.63) is 24.3 Å². The van der Waals surface area contributed by atoms with Crippen molar-refractivity contribution < 1.29 is 105 Å². The molecule has 0 aromatic carbocycles. The third-order valence-corrected chi connectivity index (χ3v) is 6.61. The zero-order valence-electron chi connectivity index (χ0n) is 25.4. The van der Waals surface area contributed by atoms with E-state index in [4.69, 9.17) is 4.74 Å². The van der Waals surface area contributed by atoms with E-state index in [2.05, 4.69) is 18.0 Å². The van der Waals surface area contributed by atoms with Crippen LogP contribution in [-0.4, -0.2) is 78.1 Å². The number of hydrogen-bond donors (Lipinski definition) is 0. The second kappa shape index (κ2) is 33.4. The summed E-state index contributed by atoms with van der Waals surface area (Å²) in [5.41, 5.74) is 0. The van der Waals surface area contributed by atoms with E-state index >= 15 is 0 Å². The van der Waals surface area contributed by atoms with Crippen LogP contribution in [0.1, 0.15) is 96.8 Å². The van der Waals surface area contributed by atoms with Crippen LogP contribution in [-0.2, 0) is 14.3 Å². The predicted octanol–water partition coefficient (Wildman–Crippen LogP) is -5.14. The average Bonchev–Trinajstić information content (AvgIpc) is 3.22. The molecule has 1 aliphatic rings. The van der Waals surface area contributed by atoms with E-state index in [0.29, 0.717) is 37.3 Å². The second-order valence-electron chi connectivity index (χ2n) is 9.52. The Morgan fingerprint density at radius 3 is 1.90 bits per heavy atom. The summed E-state index contributed by atoms with van der Waals surface area (Å²) in [7, 11) is 0. The first kappa shape index (κ1) is 49.6. The summed E-state index contributed by atoms with van der Waals surface area (Å²) in [4.78, 5) is 26.2. The summed E-state index contributed by atoms with van der Waals surface area (Å²) < 4.78 is 5.84. The van der Waals surface area contributed by atoms with Crippen LogP contribution < -0.4 is 69.3 Å². The van der Waals surface area contributed by atoms with Gasteiger partial charge in [0.25, 0.3) is 0 Å². The van der Waals surface area contributed by atoms with E-state index < -0.39 is 11.9 Å². The number of amidine groups is 1. The number of nitrogens with zero attached hydrogens (tertiary/aromatic N) is 2. The molecule has 0 fully saturated rings. The van der Waals surface area contributed by atoms with Gasteiger partial charge in [0.1, 0.15) is 13.1 Å². The van der Waals surface area contributed by atoms with Crippen LogP contribution in [0.3, 0.4) is 0 Å². The minimum Gasteiger partial charge on any atom is -0.550 e. The fourth-order valence-electron chi connectivity index (χ4n) is 4.44. The summed E-state index contributed by atoms with van der Waals surface area (Å²) in [6.07, 6.45) is 23.8. The number of quaternary nitrogens is 1. The zero-order chi connectivity index (χ0) is 25.6. The van der Waals surface area contributed by atoms with Crippen LogP contribution in [0.2, 0.25) is 0 Å². The molecule has 12 heteroatoms. The summed E-state index contributed by atoms with van der Waals surface area (Å²) in [5.74, 6) is -1.38. The van der Waals surface area contributed by atoms with Crippen molar-refractivity contribution in [3.8, 4) is 0 Å². The number of aliphatic imine (C=N–C) groups is 1. The minimum atomic E-state index is -1.14. The quantitative estimate of drug-likeness (QED) is 0.0495. The van der Waals surface area contributed by atoms with Gasteiger partial charge in [-0.1, -0.05) is 89.4 Å². The van der Waals surface area contributed by atoms with Gasteiger partial charge in [-0.05, 0) is 12.8 Å². The van der Waals surface area contributed by atoms with Gasteiger partial charge in [0, 0.05) is 30.9 Å². The summed E-state index contributed by atoms with van der Waals surface area (Å²) in [6.45, 7) is 4.96. The largest absolute Gasteiger partial charge is 1.00 e. The maximum absolute atomic E-state index is 11.1. The molecule has 0 aliphatic carbocycles. The maximum Gasteiger partial charge on any atom is 1.00 e. The summed E-state index contributed by atoms with van der Waals surface area (Å²) >= 11 is 0. The van der Waals surface area contributed by atoms with E-state index in [-0.39, 0.29) is 95.0 Å². The molecule has 6 N–H and O–H groups in total. The molecule has 1 aliphatic heterocycles. The van der Waals surface area contributed by atoms with E-state index in [9.17, 15) is 19.8 Å². The Kier molecular flexibility index (Phi) is 41.4. The number of ether oxygens (including phenoxy) is 1. The fraction of sp³-hybridized carbons (Fsp3) is 0.750. The molecule has 1 unspecified atom stereocenters. The number of unbranched alkanes of at least 4 members (excludes halogenated alkanes) is 11. The van der Waals surface area contributed by atoms with Gasteiger partial charge in [-0.2, -0.15) is 0 Å². The SMILES string of the molecule is CCCCCCCCCCCCC/C=C/C=C/C1=NCC[N+]1(CCOCCC(=O)[O-])CCC(=O)[O-].O.O.O.[Na+].[Na+]. The number of rotatable bonds is 23. The van der Waals surface area contributed by atoms with Gasteiger partial charge >= 0.3 is 59.1 Å². The molecule has 1 atom stereocenters. The van der Waals surface area contributed by atoms with Crippen LogP contribution in [0, 0.1) is 0 Å². The number of carbonyl (C=O) groups is 2. The molecule has 224 valence electrons. The standard InChI is InChI=1S/C28H48N2O5.2Na.3H2O/c1-2-3-4-5-6-7-8-9-10-11-12-13-14-15-16-17-26-29-20-22-30(26,21-18-27(31)32)23-25-35-24-19-28(33)34;;;;;/h14-17H,2-13,18-25H2,1H3,(H-,31,32,33,34);;;3*1H2/q;2*+1;;;/p-1/b15-14+,17-16+;;;;;. The number of carboxylic acids is 2. The van der Waals surface area contributed by atoms with Crippen LogP contribution in [0.4, 0.5) is 0 Å². The monoisotopic (exact) mass is 591 g/mol. The normalized spacial score (nSPS) is 15.8. The van der Waals surface area contributed by atoms with Crippen molar-refractivity contribution in [3.63, 3.8) is 0 Å². The Bertz CT molecular complexity index is 693. The molecule has 40 heavy (non-hydrogen) atoms. The summed E-state index contributed by atoms with van der Waals surface area (Å²) in [6, 6.07) is 0. The molecule has 1 heterocycles. The van der Waals surface area contributed by atoms with Gasteiger partial charge in [-0.15, -0.1) is 0 Å². The first-order chi connectivity index (χ1) is 17.0. The smallest absolute Gasteiger partial charge is 0.550 e. The van der Waals surface area contributed by atoms with Gasteiger partial charge in [-0.3, -0.25) is 4.48 Å². The number of hydrogen-bond acceptors (Lipinski definition) is 6. The molecule has 0 saturated carbocycles. The van der Waals surface area contributed by atoms with Gasteiger partial charge in [-0.25, -0.2) is 4.99 Å². The number of allylic oxidation sites excluding steroid dienone is 3. The fourth-order valence-corrected chi connectivity index (χ4v) is 4.44. The third kappa shape index (κ3) is 25.6. The van der Waals surface area contributed by atoms with Gasteiger partial charge < -0.3 is 41.0 Å². The first-order valence-corrected chi connectivity index (χ1v) is 13.7. The van der Waals surface area contributed by atoms with Crippen molar-refractivity contribution in [1.82, 2.24) is 0 Å². The average molecular weight is 592 g/mol. The van der Waals surface area contributed by atoms with E-state index in [0.717, 1.165) is 12.3 Å². The van der Waals surface area contributed by atoms with Crippen molar-refractivity contribution in [1.29, 1.82) is 0 Å².